The lowest BCUT2D eigenvalue weighted by Crippen LogP contribution is -2.29. The number of nitriles is 1. The van der Waals surface area contributed by atoms with Crippen molar-refractivity contribution in [3.63, 3.8) is 0 Å². The maximum Gasteiger partial charge on any atom is 0.255 e. The topological polar surface area (TPSA) is 57.0 Å². The van der Waals surface area contributed by atoms with Crippen LogP contribution in [-0.2, 0) is 11.8 Å². The van der Waals surface area contributed by atoms with Crippen LogP contribution in [0.3, 0.4) is 0 Å². The molecule has 0 radical (unpaired) electrons. The van der Waals surface area contributed by atoms with E-state index in [4.69, 9.17) is 0 Å². The summed E-state index contributed by atoms with van der Waals surface area (Å²) >= 11 is 1.57. The van der Waals surface area contributed by atoms with Gasteiger partial charge in [-0.3, -0.25) is 4.79 Å². The summed E-state index contributed by atoms with van der Waals surface area (Å²) in [4.78, 5) is 18.6. The fourth-order valence-electron chi connectivity index (χ4n) is 2.85. The highest BCUT2D eigenvalue weighted by molar-refractivity contribution is 7.09. The second-order valence-corrected chi connectivity index (χ2v) is 7.74. The van der Waals surface area contributed by atoms with Gasteiger partial charge < -0.3 is 4.90 Å². The first-order valence-corrected chi connectivity index (χ1v) is 8.53. The molecule has 1 atom stereocenters. The number of amides is 1. The maximum absolute atomic E-state index is 12.6. The Morgan fingerprint density at radius 2 is 2.17 bits per heavy atom. The second-order valence-electron chi connectivity index (χ2n) is 6.76. The van der Waals surface area contributed by atoms with Crippen molar-refractivity contribution in [2.24, 2.45) is 0 Å². The van der Waals surface area contributed by atoms with Gasteiger partial charge in [0.15, 0.2) is 0 Å². The summed E-state index contributed by atoms with van der Waals surface area (Å²) in [6.45, 7) is 6.91. The highest BCUT2D eigenvalue weighted by Gasteiger charge is 2.37. The number of carbonyl (C=O) groups is 1. The van der Waals surface area contributed by atoms with Crippen molar-refractivity contribution < 1.29 is 4.79 Å². The minimum Gasteiger partial charge on any atom is -0.318 e. The average Bonchev–Trinajstić information content (AvgIpc) is 3.10. The Hall–Kier alpha value is -2.19. The summed E-state index contributed by atoms with van der Waals surface area (Å²) in [6.07, 6.45) is 2.44. The molecule has 5 heteroatoms. The molecule has 1 aliphatic heterocycles. The molecule has 3 rings (SSSR count). The van der Waals surface area contributed by atoms with Gasteiger partial charge in [-0.05, 0) is 17.0 Å². The largest absolute Gasteiger partial charge is 0.318 e. The molecule has 0 saturated carbocycles. The number of carbonyl (C=O) groups excluding carboxylic acids is 1. The van der Waals surface area contributed by atoms with E-state index in [1.165, 1.54) is 0 Å². The van der Waals surface area contributed by atoms with E-state index in [2.05, 4.69) is 31.8 Å². The highest BCUT2D eigenvalue weighted by Crippen LogP contribution is 2.36. The number of fused-ring (bicyclic) bond motifs is 1. The molecule has 2 aromatic rings. The van der Waals surface area contributed by atoms with Gasteiger partial charge in [0.25, 0.3) is 5.91 Å². The Morgan fingerprint density at radius 3 is 2.78 bits per heavy atom. The zero-order valence-electron chi connectivity index (χ0n) is 13.5. The zero-order chi connectivity index (χ0) is 16.6. The van der Waals surface area contributed by atoms with Crippen LogP contribution in [0.25, 0.3) is 0 Å². The van der Waals surface area contributed by atoms with Gasteiger partial charge in [0.1, 0.15) is 6.04 Å². The molecular formula is C18H19N3OS. The fraction of sp³-hybridized carbons (Fsp3) is 0.389. The lowest BCUT2D eigenvalue weighted by atomic mass is 9.85. The Balaban J connectivity index is 1.89. The van der Waals surface area contributed by atoms with E-state index >= 15 is 0 Å². The van der Waals surface area contributed by atoms with Crippen LogP contribution in [0, 0.1) is 11.3 Å². The van der Waals surface area contributed by atoms with Crippen LogP contribution in [0.1, 0.15) is 53.3 Å². The Labute approximate surface area is 140 Å². The molecule has 0 aliphatic carbocycles. The molecule has 1 aromatic carbocycles. The monoisotopic (exact) mass is 325 g/mol. The minimum absolute atomic E-state index is 0.00755. The van der Waals surface area contributed by atoms with Crippen molar-refractivity contribution in [2.45, 2.75) is 38.6 Å². The van der Waals surface area contributed by atoms with Crippen molar-refractivity contribution in [1.82, 2.24) is 9.88 Å². The predicted molar refractivity (Wildman–Crippen MR) is 90.4 cm³/mol. The first-order chi connectivity index (χ1) is 10.9. The van der Waals surface area contributed by atoms with E-state index in [9.17, 15) is 10.1 Å². The van der Waals surface area contributed by atoms with Crippen LogP contribution < -0.4 is 0 Å². The van der Waals surface area contributed by atoms with E-state index in [0.29, 0.717) is 18.5 Å². The number of thiazole rings is 1. The summed E-state index contributed by atoms with van der Waals surface area (Å²) in [5.74, 6) is -0.0523. The van der Waals surface area contributed by atoms with Gasteiger partial charge in [0.2, 0.25) is 0 Å². The molecule has 118 valence electrons. The molecule has 23 heavy (non-hydrogen) atoms. The third kappa shape index (κ3) is 2.87. The summed E-state index contributed by atoms with van der Waals surface area (Å²) in [5, 5.41) is 12.5. The number of hydrogen-bond donors (Lipinski definition) is 0. The summed E-state index contributed by atoms with van der Waals surface area (Å²) in [7, 11) is 0. The minimum atomic E-state index is -0.500. The van der Waals surface area contributed by atoms with E-state index in [1.54, 1.807) is 22.4 Å². The number of rotatable bonds is 3. The molecule has 0 fully saturated rings. The molecule has 0 bridgehead atoms. The van der Waals surface area contributed by atoms with Gasteiger partial charge in [-0.1, -0.05) is 32.9 Å². The van der Waals surface area contributed by atoms with Crippen LogP contribution in [0.15, 0.2) is 29.8 Å². The van der Waals surface area contributed by atoms with Crippen molar-refractivity contribution in [3.05, 3.63) is 51.5 Å². The lowest BCUT2D eigenvalue weighted by Gasteiger charge is -2.21. The summed E-state index contributed by atoms with van der Waals surface area (Å²) in [5.41, 5.74) is 2.63. The first-order valence-electron chi connectivity index (χ1n) is 7.65. The van der Waals surface area contributed by atoms with Crippen molar-refractivity contribution >= 4 is 17.2 Å². The molecule has 0 saturated heterocycles. The van der Waals surface area contributed by atoms with Gasteiger partial charge in [-0.15, -0.1) is 11.3 Å². The molecule has 1 amide bonds. The normalized spacial score (nSPS) is 17.2. The van der Waals surface area contributed by atoms with Crippen LogP contribution in [-0.4, -0.2) is 22.3 Å². The van der Waals surface area contributed by atoms with Gasteiger partial charge in [-0.25, -0.2) is 4.98 Å². The van der Waals surface area contributed by atoms with E-state index in [-0.39, 0.29) is 11.3 Å². The molecule has 1 unspecified atom stereocenters. The molecular weight excluding hydrogens is 306 g/mol. The van der Waals surface area contributed by atoms with Crippen molar-refractivity contribution in [1.29, 1.82) is 5.26 Å². The molecule has 1 aliphatic rings. The SMILES string of the molecule is CC(C)(C)c1ccc2c(c1)C(C#N)N(CCc1nccs1)C2=O. The van der Waals surface area contributed by atoms with E-state index < -0.39 is 6.04 Å². The van der Waals surface area contributed by atoms with Crippen LogP contribution in [0.5, 0.6) is 0 Å². The molecule has 4 nitrogen and oxygen atoms in total. The van der Waals surface area contributed by atoms with E-state index in [0.717, 1.165) is 16.1 Å². The van der Waals surface area contributed by atoms with Gasteiger partial charge in [-0.2, -0.15) is 5.26 Å². The highest BCUT2D eigenvalue weighted by atomic mass is 32.1. The maximum atomic E-state index is 12.6. The van der Waals surface area contributed by atoms with Gasteiger partial charge in [0.05, 0.1) is 11.1 Å². The van der Waals surface area contributed by atoms with Crippen molar-refractivity contribution in [3.8, 4) is 6.07 Å². The second kappa shape index (κ2) is 5.78. The number of benzene rings is 1. The van der Waals surface area contributed by atoms with Crippen LogP contribution in [0.2, 0.25) is 0 Å². The summed E-state index contributed by atoms with van der Waals surface area (Å²) in [6, 6.07) is 7.68. The Bertz CT molecular complexity index is 769. The first kappa shape index (κ1) is 15.7. The number of hydrogen-bond acceptors (Lipinski definition) is 4. The average molecular weight is 325 g/mol. The van der Waals surface area contributed by atoms with E-state index in [1.807, 2.05) is 23.6 Å². The quantitative estimate of drug-likeness (QED) is 0.864. The Morgan fingerprint density at radius 1 is 1.39 bits per heavy atom. The van der Waals surface area contributed by atoms with Crippen LogP contribution in [0.4, 0.5) is 0 Å². The zero-order valence-corrected chi connectivity index (χ0v) is 14.4. The Kier molecular flexibility index (Phi) is 3.95. The smallest absolute Gasteiger partial charge is 0.255 e. The fourth-order valence-corrected chi connectivity index (χ4v) is 3.46. The third-order valence-corrected chi connectivity index (χ3v) is 5.03. The van der Waals surface area contributed by atoms with Gasteiger partial charge in [0, 0.05) is 35.7 Å². The standard InChI is InChI=1S/C18H19N3OS/c1-18(2,3)12-4-5-13-14(10-12)15(11-19)21(17(13)22)8-6-16-20-7-9-23-16/h4-5,7,9-10,15H,6,8H2,1-3H3. The lowest BCUT2D eigenvalue weighted by molar-refractivity contribution is 0.0759. The van der Waals surface area contributed by atoms with Crippen molar-refractivity contribution in [2.75, 3.05) is 6.54 Å². The predicted octanol–water partition coefficient (Wildman–Crippen LogP) is 3.70. The summed E-state index contributed by atoms with van der Waals surface area (Å²) < 4.78 is 0. The number of aromatic nitrogens is 1. The molecule has 0 spiro atoms. The number of nitrogens with zero attached hydrogens (tertiary/aromatic N) is 3. The third-order valence-electron chi connectivity index (χ3n) is 4.19. The molecule has 0 N–H and O–H groups in total. The van der Waals surface area contributed by atoms with Crippen LogP contribution >= 0.6 is 11.3 Å². The van der Waals surface area contributed by atoms with Gasteiger partial charge >= 0.3 is 0 Å². The molecule has 1 aromatic heterocycles. The molecule has 2 heterocycles.